The van der Waals surface area contributed by atoms with Crippen molar-refractivity contribution in [1.82, 2.24) is 29.8 Å². The van der Waals surface area contributed by atoms with Crippen LogP contribution in [0.3, 0.4) is 0 Å². The number of anilines is 2. The number of amides is 1. The van der Waals surface area contributed by atoms with Crippen molar-refractivity contribution in [2.75, 3.05) is 23.3 Å². The summed E-state index contributed by atoms with van der Waals surface area (Å²) < 4.78 is 7.49. The van der Waals surface area contributed by atoms with Crippen molar-refractivity contribution in [3.63, 3.8) is 0 Å². The molecule has 12 nitrogen and oxygen atoms in total. The van der Waals surface area contributed by atoms with Gasteiger partial charge in [0.15, 0.2) is 17.0 Å². The number of pyridine rings is 1. The predicted octanol–water partition coefficient (Wildman–Crippen LogP) is 4.58. The number of nitrogens with zero attached hydrogens (tertiary/aromatic N) is 7. The molecule has 0 aliphatic carbocycles. The van der Waals surface area contributed by atoms with Gasteiger partial charge in [-0.2, -0.15) is 9.97 Å². The number of fused-ring (bicyclic) bond motifs is 1. The summed E-state index contributed by atoms with van der Waals surface area (Å²) in [6.45, 7) is 15.7. The molecule has 1 aliphatic rings. The number of nitrogens with one attached hydrogen (secondary N) is 2. The molecule has 12 heteroatoms. The normalized spacial score (nSPS) is 15.3. The number of carbonyl (C=O) groups is 1. The van der Waals surface area contributed by atoms with Crippen molar-refractivity contribution in [2.45, 2.75) is 91.6 Å². The van der Waals surface area contributed by atoms with Crippen molar-refractivity contribution < 1.29 is 9.53 Å². The fraction of sp³-hybridized carbons (Fsp3) is 0.533. The summed E-state index contributed by atoms with van der Waals surface area (Å²) in [5.74, 6) is 1.28. The maximum Gasteiger partial charge on any atom is 0.407 e. The average Bonchev–Trinajstić information content (AvgIpc) is 3.35. The second-order valence-electron chi connectivity index (χ2n) is 12.0. The second kappa shape index (κ2) is 13.2. The van der Waals surface area contributed by atoms with Crippen LogP contribution in [-0.2, 0) is 11.3 Å². The van der Waals surface area contributed by atoms with Crippen molar-refractivity contribution in [1.29, 1.82) is 0 Å². The molecule has 0 spiro atoms. The third kappa shape index (κ3) is 7.74. The minimum Gasteiger partial charge on any atom is -0.444 e. The van der Waals surface area contributed by atoms with Gasteiger partial charge in [-0.25, -0.2) is 9.78 Å². The van der Waals surface area contributed by atoms with Gasteiger partial charge in [0, 0.05) is 44.0 Å². The van der Waals surface area contributed by atoms with Crippen LogP contribution in [0.15, 0.2) is 41.9 Å². The van der Waals surface area contributed by atoms with Crippen LogP contribution in [0, 0.1) is 0 Å². The van der Waals surface area contributed by atoms with E-state index >= 15 is 0 Å². The van der Waals surface area contributed by atoms with Gasteiger partial charge < -0.3 is 30.6 Å². The number of nitrogens with two attached hydrogens (primary N) is 1. The lowest BCUT2D eigenvalue weighted by atomic mass is 10.1. The third-order valence-corrected chi connectivity index (χ3v) is 6.70. The van der Waals surface area contributed by atoms with Gasteiger partial charge >= 0.3 is 6.09 Å². The molecular formula is C30H44N10O2. The minimum absolute atomic E-state index is 0.0342. The largest absolute Gasteiger partial charge is 0.444 e. The Kier molecular flexibility index (Phi) is 9.64. The number of hydrogen-bond acceptors (Lipinski definition) is 10. The summed E-state index contributed by atoms with van der Waals surface area (Å²) in [5, 5.41) is 6.50. The molecule has 0 bridgehead atoms. The fourth-order valence-corrected chi connectivity index (χ4v) is 4.79. The first-order valence-corrected chi connectivity index (χ1v) is 14.6. The number of rotatable bonds is 9. The number of hydrogen-bond donors (Lipinski definition) is 3. The Labute approximate surface area is 247 Å². The van der Waals surface area contributed by atoms with Gasteiger partial charge in [0.2, 0.25) is 5.95 Å². The maximum absolute atomic E-state index is 12.3. The molecule has 4 heterocycles. The summed E-state index contributed by atoms with van der Waals surface area (Å²) in [5.41, 5.74) is 9.12. The van der Waals surface area contributed by atoms with Crippen LogP contribution in [0.4, 0.5) is 16.6 Å². The molecule has 4 N–H and O–H groups in total. The lowest BCUT2D eigenvalue weighted by Gasteiger charge is -2.33. The van der Waals surface area contributed by atoms with Gasteiger partial charge in [0.05, 0.1) is 17.7 Å². The van der Waals surface area contributed by atoms with Crippen LogP contribution >= 0.6 is 0 Å². The first-order valence-electron chi connectivity index (χ1n) is 14.6. The van der Waals surface area contributed by atoms with E-state index in [1.165, 1.54) is 6.20 Å². The summed E-state index contributed by atoms with van der Waals surface area (Å²) in [6, 6.07) is 4.23. The zero-order valence-corrected chi connectivity index (χ0v) is 25.8. The Morgan fingerprint density at radius 2 is 1.93 bits per heavy atom. The highest BCUT2D eigenvalue weighted by atomic mass is 16.6. The molecule has 0 radical (unpaired) electrons. The third-order valence-electron chi connectivity index (χ3n) is 6.70. The van der Waals surface area contributed by atoms with E-state index in [0.717, 1.165) is 35.5 Å². The number of alkyl carbamates (subject to hydrolysis) is 1. The van der Waals surface area contributed by atoms with E-state index in [-0.39, 0.29) is 24.2 Å². The molecule has 1 aliphatic heterocycles. The molecule has 1 saturated heterocycles. The van der Waals surface area contributed by atoms with Crippen molar-refractivity contribution in [3.05, 3.63) is 48.2 Å². The van der Waals surface area contributed by atoms with Gasteiger partial charge in [-0.1, -0.05) is 6.07 Å². The first kappa shape index (κ1) is 30.7. The summed E-state index contributed by atoms with van der Waals surface area (Å²) in [7, 11) is 0. The molecule has 0 saturated carbocycles. The molecule has 1 amide bonds. The number of carbonyl (C=O) groups excluding carboxylic acids is 1. The number of ether oxygens (including phenoxy) is 1. The van der Waals surface area contributed by atoms with Crippen molar-refractivity contribution in [3.8, 4) is 0 Å². The minimum atomic E-state index is -0.530. The van der Waals surface area contributed by atoms with Gasteiger partial charge in [-0.3, -0.25) is 9.98 Å². The summed E-state index contributed by atoms with van der Waals surface area (Å²) >= 11 is 0. The highest BCUT2D eigenvalue weighted by molar-refractivity contribution is 6.08. The maximum atomic E-state index is 12.3. The molecule has 0 unspecified atom stereocenters. The SMILES string of the molecule is CC(C)N=C(C=CN)c1ncccc1CNc1nc(N2CCC(NC(=O)OC(C)(C)C)CC2)nc2c1ncn2C(C)C. The average molecular weight is 577 g/mol. The van der Waals surface area contributed by atoms with E-state index in [0.29, 0.717) is 36.9 Å². The smallest absolute Gasteiger partial charge is 0.407 e. The molecule has 4 rings (SSSR count). The number of piperidine rings is 1. The van der Waals surface area contributed by atoms with E-state index in [1.807, 2.05) is 53.1 Å². The Hall–Kier alpha value is -4.22. The quantitative estimate of drug-likeness (QED) is 0.311. The van der Waals surface area contributed by atoms with Crippen LogP contribution < -0.4 is 21.3 Å². The predicted molar refractivity (Wildman–Crippen MR) is 167 cm³/mol. The Bertz CT molecular complexity index is 1430. The highest BCUT2D eigenvalue weighted by Gasteiger charge is 2.26. The molecule has 0 atom stereocenters. The Morgan fingerprint density at radius 3 is 2.57 bits per heavy atom. The van der Waals surface area contributed by atoms with Crippen LogP contribution in [0.2, 0.25) is 0 Å². The number of allylic oxidation sites excluding steroid dienone is 1. The van der Waals surface area contributed by atoms with E-state index < -0.39 is 5.60 Å². The van der Waals surface area contributed by atoms with Crippen LogP contribution in [0.25, 0.3) is 11.2 Å². The highest BCUT2D eigenvalue weighted by Crippen LogP contribution is 2.27. The summed E-state index contributed by atoms with van der Waals surface area (Å²) in [4.78, 5) is 38.3. The standard InChI is InChI=1S/C30H44N10O2/c1-19(2)35-23(10-13-31)24-21(9-8-14-32-24)17-33-26-25-27(40(18-34-25)20(3)4)38-28(37-26)39-15-11-22(12-16-39)36-29(41)42-30(5,6)7/h8-10,13-14,18-20,22H,11-12,15-17,31H2,1-7H3,(H,36,41)(H,33,37,38). The van der Waals surface area contributed by atoms with Crippen LogP contribution in [-0.4, -0.2) is 67.1 Å². The fourth-order valence-electron chi connectivity index (χ4n) is 4.79. The van der Waals surface area contributed by atoms with E-state index in [2.05, 4.69) is 43.9 Å². The van der Waals surface area contributed by atoms with Crippen molar-refractivity contribution >= 4 is 34.7 Å². The molecule has 226 valence electrons. The lowest BCUT2D eigenvalue weighted by Crippen LogP contribution is -2.46. The lowest BCUT2D eigenvalue weighted by molar-refractivity contribution is 0.0497. The second-order valence-corrected chi connectivity index (χ2v) is 12.0. The monoisotopic (exact) mass is 576 g/mol. The molecular weight excluding hydrogens is 532 g/mol. The first-order chi connectivity index (χ1) is 19.9. The Balaban J connectivity index is 1.58. The number of aliphatic imine (C=N–C) groups is 1. The van der Waals surface area contributed by atoms with Crippen LogP contribution in [0.5, 0.6) is 0 Å². The molecule has 42 heavy (non-hydrogen) atoms. The summed E-state index contributed by atoms with van der Waals surface area (Å²) in [6.07, 6.45) is 7.97. The molecule has 3 aromatic rings. The molecule has 1 fully saturated rings. The van der Waals surface area contributed by atoms with Gasteiger partial charge in [0.25, 0.3) is 0 Å². The molecule has 3 aromatic heterocycles. The van der Waals surface area contributed by atoms with Crippen LogP contribution in [0.1, 0.15) is 78.6 Å². The van der Waals surface area contributed by atoms with E-state index in [1.54, 1.807) is 12.3 Å². The van der Waals surface area contributed by atoms with E-state index in [4.69, 9.17) is 25.4 Å². The van der Waals surface area contributed by atoms with E-state index in [9.17, 15) is 4.79 Å². The topological polar surface area (TPSA) is 148 Å². The van der Waals surface area contributed by atoms with Gasteiger partial charge in [-0.15, -0.1) is 0 Å². The van der Waals surface area contributed by atoms with Gasteiger partial charge in [0.1, 0.15) is 5.60 Å². The Morgan fingerprint density at radius 1 is 1.19 bits per heavy atom. The number of imidazole rings is 1. The zero-order valence-electron chi connectivity index (χ0n) is 25.8. The zero-order chi connectivity index (χ0) is 30.4. The number of aromatic nitrogens is 5. The van der Waals surface area contributed by atoms with Crippen molar-refractivity contribution in [2.24, 2.45) is 10.7 Å². The van der Waals surface area contributed by atoms with Gasteiger partial charge in [-0.05, 0) is 85.2 Å². The molecule has 0 aromatic carbocycles.